The second kappa shape index (κ2) is 5.16. The quantitative estimate of drug-likeness (QED) is 0.864. The van der Waals surface area contributed by atoms with Crippen molar-refractivity contribution < 1.29 is 9.47 Å². The number of hydrogen-bond acceptors (Lipinski definition) is 4. The molecule has 1 aromatic carbocycles. The molecule has 98 valence electrons. The third-order valence-corrected chi connectivity index (χ3v) is 3.86. The fraction of sp³-hybridized carbons (Fsp3) is 0.571. The van der Waals surface area contributed by atoms with Gasteiger partial charge in [0.1, 0.15) is 12.5 Å². The van der Waals surface area contributed by atoms with Gasteiger partial charge in [-0.3, -0.25) is 0 Å². The van der Waals surface area contributed by atoms with Crippen LogP contribution in [-0.4, -0.2) is 33.0 Å². The van der Waals surface area contributed by atoms with Crippen molar-refractivity contribution in [2.24, 2.45) is 0 Å². The standard InChI is InChI=1S/C14H20N2O2/c1-17-14-4-2-3-13-12(14)9-18-10-16(13)11-5-7-15-8-6-11/h2-4,11,15H,5-10H2,1H3. The normalized spacial score (nSPS) is 20.6. The summed E-state index contributed by atoms with van der Waals surface area (Å²) < 4.78 is 11.2. The first-order valence-electron chi connectivity index (χ1n) is 6.61. The van der Waals surface area contributed by atoms with Crippen molar-refractivity contribution in [2.45, 2.75) is 25.5 Å². The van der Waals surface area contributed by atoms with Crippen LogP contribution in [0.5, 0.6) is 5.75 Å². The fourth-order valence-corrected chi connectivity index (χ4v) is 2.90. The van der Waals surface area contributed by atoms with Gasteiger partial charge in [-0.05, 0) is 38.1 Å². The maximum Gasteiger partial charge on any atom is 0.126 e. The molecule has 0 amide bonds. The highest BCUT2D eigenvalue weighted by atomic mass is 16.5. The second-order valence-corrected chi connectivity index (χ2v) is 4.89. The Bertz CT molecular complexity index is 416. The lowest BCUT2D eigenvalue weighted by atomic mass is 10.0. The van der Waals surface area contributed by atoms with E-state index in [9.17, 15) is 0 Å². The van der Waals surface area contributed by atoms with Crippen LogP contribution in [-0.2, 0) is 11.3 Å². The maximum absolute atomic E-state index is 5.73. The van der Waals surface area contributed by atoms with Crippen LogP contribution in [0.4, 0.5) is 5.69 Å². The Labute approximate surface area is 108 Å². The zero-order chi connectivity index (χ0) is 12.4. The van der Waals surface area contributed by atoms with Gasteiger partial charge in [0.05, 0.1) is 13.7 Å². The summed E-state index contributed by atoms with van der Waals surface area (Å²) in [5.74, 6) is 0.936. The van der Waals surface area contributed by atoms with E-state index in [0.29, 0.717) is 19.4 Å². The first-order chi connectivity index (χ1) is 8.90. The minimum atomic E-state index is 0.581. The van der Waals surface area contributed by atoms with E-state index in [4.69, 9.17) is 9.47 Å². The summed E-state index contributed by atoms with van der Waals surface area (Å²) in [7, 11) is 1.72. The number of fused-ring (bicyclic) bond motifs is 1. The van der Waals surface area contributed by atoms with E-state index in [-0.39, 0.29) is 0 Å². The molecule has 2 aliphatic rings. The van der Waals surface area contributed by atoms with E-state index < -0.39 is 0 Å². The molecule has 0 bridgehead atoms. The summed E-state index contributed by atoms with van der Waals surface area (Å²) in [6.07, 6.45) is 2.36. The van der Waals surface area contributed by atoms with Crippen LogP contribution in [0, 0.1) is 0 Å². The van der Waals surface area contributed by atoms with Gasteiger partial charge < -0.3 is 19.7 Å². The number of anilines is 1. The average molecular weight is 248 g/mol. The number of nitrogens with zero attached hydrogens (tertiary/aromatic N) is 1. The SMILES string of the molecule is COc1cccc2c1COCN2C1CCNCC1. The predicted molar refractivity (Wildman–Crippen MR) is 71.0 cm³/mol. The molecule has 0 atom stereocenters. The molecule has 0 spiro atoms. The first kappa shape index (κ1) is 11.8. The van der Waals surface area contributed by atoms with Crippen LogP contribution in [0.3, 0.4) is 0 Å². The Morgan fingerprint density at radius 3 is 2.94 bits per heavy atom. The summed E-state index contributed by atoms with van der Waals surface area (Å²) in [5.41, 5.74) is 2.47. The molecule has 0 aromatic heterocycles. The van der Waals surface area contributed by atoms with Gasteiger partial charge >= 0.3 is 0 Å². The Kier molecular flexibility index (Phi) is 3.39. The van der Waals surface area contributed by atoms with E-state index >= 15 is 0 Å². The highest BCUT2D eigenvalue weighted by molar-refractivity contribution is 5.60. The van der Waals surface area contributed by atoms with Gasteiger partial charge in [-0.15, -0.1) is 0 Å². The number of nitrogens with one attached hydrogen (secondary N) is 1. The molecular formula is C14H20N2O2. The summed E-state index contributed by atoms with van der Waals surface area (Å²) >= 11 is 0. The molecule has 1 aromatic rings. The third-order valence-electron chi connectivity index (χ3n) is 3.86. The topological polar surface area (TPSA) is 33.7 Å². The van der Waals surface area contributed by atoms with Gasteiger partial charge in [-0.2, -0.15) is 0 Å². The first-order valence-corrected chi connectivity index (χ1v) is 6.61. The Balaban J connectivity index is 1.91. The van der Waals surface area contributed by atoms with Crippen molar-refractivity contribution >= 4 is 5.69 Å². The number of piperidine rings is 1. The average Bonchev–Trinajstić information content (AvgIpc) is 2.47. The molecular weight excluding hydrogens is 228 g/mol. The molecule has 2 heterocycles. The summed E-state index contributed by atoms with van der Waals surface area (Å²) in [5, 5.41) is 3.41. The molecule has 1 N–H and O–H groups in total. The van der Waals surface area contributed by atoms with Crippen LogP contribution in [0.2, 0.25) is 0 Å². The van der Waals surface area contributed by atoms with E-state index in [1.807, 2.05) is 6.07 Å². The van der Waals surface area contributed by atoms with E-state index in [2.05, 4.69) is 22.3 Å². The highest BCUT2D eigenvalue weighted by Crippen LogP contribution is 2.35. The zero-order valence-corrected chi connectivity index (χ0v) is 10.8. The molecule has 4 nitrogen and oxygen atoms in total. The molecule has 2 aliphatic heterocycles. The van der Waals surface area contributed by atoms with Gasteiger partial charge in [-0.1, -0.05) is 6.07 Å². The molecule has 0 aliphatic carbocycles. The number of benzene rings is 1. The van der Waals surface area contributed by atoms with Crippen molar-refractivity contribution in [2.75, 3.05) is 31.8 Å². The van der Waals surface area contributed by atoms with Crippen LogP contribution in [0.1, 0.15) is 18.4 Å². The van der Waals surface area contributed by atoms with Crippen molar-refractivity contribution in [1.82, 2.24) is 5.32 Å². The molecule has 0 unspecified atom stereocenters. The lowest BCUT2D eigenvalue weighted by Crippen LogP contribution is -2.46. The molecule has 18 heavy (non-hydrogen) atoms. The predicted octanol–water partition coefficient (Wildman–Crippen LogP) is 1.74. The molecule has 1 saturated heterocycles. The third kappa shape index (κ3) is 2.06. The summed E-state index contributed by atoms with van der Waals surface area (Å²) in [4.78, 5) is 2.39. The molecule has 4 heteroatoms. The largest absolute Gasteiger partial charge is 0.496 e. The smallest absolute Gasteiger partial charge is 0.126 e. The minimum absolute atomic E-state index is 0.581. The van der Waals surface area contributed by atoms with Gasteiger partial charge in [0, 0.05) is 17.3 Å². The molecule has 1 fully saturated rings. The number of hydrogen-bond donors (Lipinski definition) is 1. The Hall–Kier alpha value is -1.26. The molecule has 0 saturated carbocycles. The van der Waals surface area contributed by atoms with Crippen LogP contribution in [0.15, 0.2) is 18.2 Å². The highest BCUT2D eigenvalue weighted by Gasteiger charge is 2.27. The molecule has 3 rings (SSSR count). The van der Waals surface area contributed by atoms with Crippen molar-refractivity contribution in [3.05, 3.63) is 23.8 Å². The number of rotatable bonds is 2. The number of methoxy groups -OCH3 is 1. The van der Waals surface area contributed by atoms with E-state index in [1.165, 1.54) is 24.1 Å². The van der Waals surface area contributed by atoms with Gasteiger partial charge in [-0.25, -0.2) is 0 Å². The van der Waals surface area contributed by atoms with E-state index in [0.717, 1.165) is 18.8 Å². The van der Waals surface area contributed by atoms with Crippen LogP contribution >= 0.6 is 0 Å². The summed E-state index contributed by atoms with van der Waals surface area (Å²) in [6.45, 7) is 3.55. The van der Waals surface area contributed by atoms with Crippen LogP contribution < -0.4 is 15.0 Å². The van der Waals surface area contributed by atoms with Crippen molar-refractivity contribution in [3.8, 4) is 5.75 Å². The fourth-order valence-electron chi connectivity index (χ4n) is 2.90. The second-order valence-electron chi connectivity index (χ2n) is 4.89. The summed E-state index contributed by atoms with van der Waals surface area (Å²) in [6, 6.07) is 6.84. The number of ether oxygens (including phenoxy) is 2. The maximum atomic E-state index is 5.73. The van der Waals surface area contributed by atoms with Gasteiger partial charge in [0.15, 0.2) is 0 Å². The lowest BCUT2D eigenvalue weighted by molar-refractivity contribution is 0.0989. The van der Waals surface area contributed by atoms with Crippen molar-refractivity contribution in [3.63, 3.8) is 0 Å². The Morgan fingerprint density at radius 1 is 1.33 bits per heavy atom. The van der Waals surface area contributed by atoms with E-state index in [1.54, 1.807) is 7.11 Å². The minimum Gasteiger partial charge on any atom is -0.496 e. The van der Waals surface area contributed by atoms with Crippen molar-refractivity contribution in [1.29, 1.82) is 0 Å². The monoisotopic (exact) mass is 248 g/mol. The van der Waals surface area contributed by atoms with Crippen LogP contribution in [0.25, 0.3) is 0 Å². The molecule has 0 radical (unpaired) electrons. The Morgan fingerprint density at radius 2 is 2.17 bits per heavy atom. The van der Waals surface area contributed by atoms with Gasteiger partial charge in [0.25, 0.3) is 0 Å². The zero-order valence-electron chi connectivity index (χ0n) is 10.8. The van der Waals surface area contributed by atoms with Gasteiger partial charge in [0.2, 0.25) is 0 Å². The lowest BCUT2D eigenvalue weighted by Gasteiger charge is -2.39.